The number of hydrogen-bond donors (Lipinski definition) is 1. The van der Waals surface area contributed by atoms with E-state index in [-0.39, 0.29) is 0 Å². The van der Waals surface area contributed by atoms with Crippen molar-refractivity contribution in [3.05, 3.63) is 22.2 Å². The van der Waals surface area contributed by atoms with Crippen molar-refractivity contribution in [1.29, 1.82) is 0 Å². The lowest BCUT2D eigenvalue weighted by Gasteiger charge is -2.22. The first-order valence-corrected chi connectivity index (χ1v) is 7.91. The van der Waals surface area contributed by atoms with Gasteiger partial charge in [-0.25, -0.2) is 4.98 Å². The van der Waals surface area contributed by atoms with Crippen LogP contribution in [0.3, 0.4) is 0 Å². The summed E-state index contributed by atoms with van der Waals surface area (Å²) in [5.74, 6) is 1.93. The van der Waals surface area contributed by atoms with Crippen molar-refractivity contribution in [1.82, 2.24) is 9.55 Å². The van der Waals surface area contributed by atoms with Crippen LogP contribution in [0.4, 0.5) is 5.95 Å². The first kappa shape index (κ1) is 14.0. The highest BCUT2D eigenvalue weighted by molar-refractivity contribution is 6.42. The molecule has 3 nitrogen and oxygen atoms in total. The molecule has 2 N–H and O–H groups in total. The van der Waals surface area contributed by atoms with Crippen LogP contribution in [-0.2, 0) is 0 Å². The Morgan fingerprint density at radius 1 is 1.30 bits per heavy atom. The summed E-state index contributed by atoms with van der Waals surface area (Å²) >= 11 is 12.2. The van der Waals surface area contributed by atoms with E-state index in [9.17, 15) is 0 Å². The minimum Gasteiger partial charge on any atom is -0.369 e. The molecule has 5 heteroatoms. The van der Waals surface area contributed by atoms with Crippen LogP contribution in [0.1, 0.15) is 39.2 Å². The molecule has 0 spiro atoms. The van der Waals surface area contributed by atoms with Gasteiger partial charge in [-0.3, -0.25) is 0 Å². The van der Waals surface area contributed by atoms with Crippen LogP contribution in [0, 0.1) is 11.8 Å². The molecule has 0 saturated heterocycles. The van der Waals surface area contributed by atoms with Gasteiger partial charge in [-0.15, -0.1) is 0 Å². The fourth-order valence-electron chi connectivity index (χ4n) is 3.62. The number of halogens is 2. The Balaban J connectivity index is 2.12. The number of fused-ring (bicyclic) bond motifs is 1. The number of nitrogens with zero attached hydrogens (tertiary/aromatic N) is 2. The molecule has 3 unspecified atom stereocenters. The van der Waals surface area contributed by atoms with Gasteiger partial charge in [0.25, 0.3) is 0 Å². The summed E-state index contributed by atoms with van der Waals surface area (Å²) in [4.78, 5) is 4.44. The fourth-order valence-corrected chi connectivity index (χ4v) is 3.94. The third-order valence-electron chi connectivity index (χ3n) is 4.80. The van der Waals surface area contributed by atoms with Gasteiger partial charge < -0.3 is 10.3 Å². The second-order valence-corrected chi connectivity index (χ2v) is 6.58. The molecule has 20 heavy (non-hydrogen) atoms. The van der Waals surface area contributed by atoms with Crippen LogP contribution >= 0.6 is 23.2 Å². The molecule has 1 aliphatic carbocycles. The highest BCUT2D eigenvalue weighted by Crippen LogP contribution is 2.44. The van der Waals surface area contributed by atoms with E-state index in [0.29, 0.717) is 28.0 Å². The Kier molecular flexibility index (Phi) is 3.59. The molecule has 1 fully saturated rings. The van der Waals surface area contributed by atoms with Crippen LogP contribution in [-0.4, -0.2) is 9.55 Å². The van der Waals surface area contributed by atoms with Crippen LogP contribution in [0.15, 0.2) is 12.1 Å². The molecule has 1 saturated carbocycles. The summed E-state index contributed by atoms with van der Waals surface area (Å²) in [6, 6.07) is 4.08. The Hall–Kier alpha value is -0.930. The molecule has 0 amide bonds. The molecule has 3 atom stereocenters. The maximum atomic E-state index is 6.15. The van der Waals surface area contributed by atoms with E-state index in [1.54, 1.807) is 6.07 Å². The van der Waals surface area contributed by atoms with Crippen molar-refractivity contribution < 1.29 is 0 Å². The Bertz CT molecular complexity index is 650. The van der Waals surface area contributed by atoms with E-state index in [2.05, 4.69) is 23.4 Å². The lowest BCUT2D eigenvalue weighted by molar-refractivity contribution is 0.336. The lowest BCUT2D eigenvalue weighted by atomic mass is 9.93. The topological polar surface area (TPSA) is 43.8 Å². The number of rotatable bonds is 2. The average Bonchev–Trinajstić information content (AvgIpc) is 2.90. The van der Waals surface area contributed by atoms with Crippen molar-refractivity contribution >= 4 is 40.2 Å². The SMILES string of the molecule is CCC1CCC(n2c(N)nc3cc(Cl)c(Cl)cc32)C1C. The first-order chi connectivity index (χ1) is 9.52. The molecular weight excluding hydrogens is 293 g/mol. The zero-order chi connectivity index (χ0) is 14.4. The van der Waals surface area contributed by atoms with Gasteiger partial charge in [0, 0.05) is 6.04 Å². The van der Waals surface area contributed by atoms with E-state index < -0.39 is 0 Å². The molecule has 3 rings (SSSR count). The van der Waals surface area contributed by atoms with Gasteiger partial charge in [0.2, 0.25) is 5.95 Å². The Labute approximate surface area is 129 Å². The minimum absolute atomic E-state index is 0.405. The van der Waals surface area contributed by atoms with Gasteiger partial charge in [0.1, 0.15) is 0 Å². The zero-order valence-corrected chi connectivity index (χ0v) is 13.2. The maximum absolute atomic E-state index is 6.15. The van der Waals surface area contributed by atoms with Crippen molar-refractivity contribution in [2.75, 3.05) is 5.73 Å². The number of nitrogens with two attached hydrogens (primary N) is 1. The van der Waals surface area contributed by atoms with E-state index in [0.717, 1.165) is 23.4 Å². The summed E-state index contributed by atoms with van der Waals surface area (Å²) in [5.41, 5.74) is 7.96. The van der Waals surface area contributed by atoms with E-state index in [1.807, 2.05) is 6.07 Å². The molecule has 1 aromatic carbocycles. The normalized spacial score (nSPS) is 26.5. The molecule has 1 heterocycles. The largest absolute Gasteiger partial charge is 0.369 e. The van der Waals surface area contributed by atoms with Crippen LogP contribution in [0.2, 0.25) is 10.0 Å². The first-order valence-electron chi connectivity index (χ1n) is 7.15. The Morgan fingerprint density at radius 3 is 2.65 bits per heavy atom. The van der Waals surface area contributed by atoms with Crippen molar-refractivity contribution in [2.24, 2.45) is 11.8 Å². The van der Waals surface area contributed by atoms with Crippen molar-refractivity contribution in [3.8, 4) is 0 Å². The van der Waals surface area contributed by atoms with Crippen LogP contribution < -0.4 is 5.73 Å². The van der Waals surface area contributed by atoms with Crippen molar-refractivity contribution in [3.63, 3.8) is 0 Å². The minimum atomic E-state index is 0.405. The van der Waals surface area contributed by atoms with Crippen LogP contribution in [0.5, 0.6) is 0 Å². The molecule has 0 bridgehead atoms. The third kappa shape index (κ3) is 2.08. The molecule has 0 aliphatic heterocycles. The van der Waals surface area contributed by atoms with Crippen molar-refractivity contribution in [2.45, 2.75) is 39.2 Å². The standard InChI is InChI=1S/C15H19Cl2N3/c1-3-9-4-5-13(8(9)2)20-14-7-11(17)10(16)6-12(14)19-15(20)18/h6-9,13H,3-5H2,1-2H3,(H2,18,19). The number of aromatic nitrogens is 2. The van der Waals surface area contributed by atoms with Gasteiger partial charge in [-0.2, -0.15) is 0 Å². The predicted molar refractivity (Wildman–Crippen MR) is 85.4 cm³/mol. The molecule has 1 aromatic heterocycles. The monoisotopic (exact) mass is 311 g/mol. The second kappa shape index (κ2) is 5.12. The van der Waals surface area contributed by atoms with E-state index >= 15 is 0 Å². The number of hydrogen-bond acceptors (Lipinski definition) is 2. The third-order valence-corrected chi connectivity index (χ3v) is 5.52. The summed E-state index contributed by atoms with van der Waals surface area (Å²) in [6.07, 6.45) is 3.62. The fraction of sp³-hybridized carbons (Fsp3) is 0.533. The number of imidazole rings is 1. The van der Waals surface area contributed by atoms with Gasteiger partial charge in [-0.05, 0) is 36.8 Å². The summed E-state index contributed by atoms with van der Waals surface area (Å²) < 4.78 is 2.15. The number of anilines is 1. The summed E-state index contributed by atoms with van der Waals surface area (Å²) in [6.45, 7) is 4.57. The van der Waals surface area contributed by atoms with Gasteiger partial charge >= 0.3 is 0 Å². The molecule has 108 valence electrons. The molecular formula is C15H19Cl2N3. The summed E-state index contributed by atoms with van der Waals surface area (Å²) in [5, 5.41) is 1.08. The zero-order valence-electron chi connectivity index (χ0n) is 11.7. The molecule has 2 aromatic rings. The number of benzene rings is 1. The second-order valence-electron chi connectivity index (χ2n) is 5.77. The smallest absolute Gasteiger partial charge is 0.201 e. The number of nitrogen functional groups attached to an aromatic ring is 1. The molecule has 0 radical (unpaired) electrons. The highest BCUT2D eigenvalue weighted by atomic mass is 35.5. The van der Waals surface area contributed by atoms with E-state index in [1.165, 1.54) is 12.8 Å². The molecule has 1 aliphatic rings. The van der Waals surface area contributed by atoms with E-state index in [4.69, 9.17) is 28.9 Å². The quantitative estimate of drug-likeness (QED) is 0.855. The Morgan fingerprint density at radius 2 is 2.00 bits per heavy atom. The maximum Gasteiger partial charge on any atom is 0.201 e. The van der Waals surface area contributed by atoms with Gasteiger partial charge in [0.05, 0.1) is 21.1 Å². The van der Waals surface area contributed by atoms with Gasteiger partial charge in [0.15, 0.2) is 0 Å². The highest BCUT2D eigenvalue weighted by Gasteiger charge is 2.34. The van der Waals surface area contributed by atoms with Crippen LogP contribution in [0.25, 0.3) is 11.0 Å². The predicted octanol–water partition coefficient (Wildman–Crippen LogP) is 4.92. The average molecular weight is 312 g/mol. The lowest BCUT2D eigenvalue weighted by Crippen LogP contribution is -2.17. The summed E-state index contributed by atoms with van der Waals surface area (Å²) in [7, 11) is 0. The van der Waals surface area contributed by atoms with Gasteiger partial charge in [-0.1, -0.05) is 43.5 Å².